The minimum absolute atomic E-state index is 0.00454. The number of benzene rings is 1. The number of aryl methyl sites for hydroxylation is 1. The normalized spacial score (nSPS) is 18.3. The van der Waals surface area contributed by atoms with Crippen LogP contribution in [0.2, 0.25) is 0 Å². The number of anilines is 1. The topological polar surface area (TPSA) is 69.6 Å². The third kappa shape index (κ3) is 4.39. The van der Waals surface area contributed by atoms with Gasteiger partial charge < -0.3 is 15.3 Å². The van der Waals surface area contributed by atoms with Crippen molar-refractivity contribution in [3.8, 4) is 0 Å². The summed E-state index contributed by atoms with van der Waals surface area (Å²) >= 11 is 1.69. The molecule has 0 bridgehead atoms. The summed E-state index contributed by atoms with van der Waals surface area (Å²) in [7, 11) is 0. The predicted octanol–water partition coefficient (Wildman–Crippen LogP) is 2.67. The van der Waals surface area contributed by atoms with E-state index in [4.69, 9.17) is 5.11 Å². The Hall–Kier alpha value is -1.69. The van der Waals surface area contributed by atoms with Gasteiger partial charge in [-0.25, -0.2) is 4.79 Å². The van der Waals surface area contributed by atoms with E-state index in [1.165, 1.54) is 0 Å². The van der Waals surface area contributed by atoms with E-state index in [0.717, 1.165) is 23.4 Å². The van der Waals surface area contributed by atoms with Crippen LogP contribution in [0, 0.1) is 0 Å². The number of nitrogens with zero attached hydrogens (tertiary/aromatic N) is 1. The van der Waals surface area contributed by atoms with E-state index < -0.39 is 5.97 Å². The van der Waals surface area contributed by atoms with E-state index in [-0.39, 0.29) is 18.5 Å². The molecule has 1 aliphatic rings. The minimum Gasteiger partial charge on any atom is -0.481 e. The van der Waals surface area contributed by atoms with E-state index >= 15 is 0 Å². The van der Waals surface area contributed by atoms with Crippen LogP contribution in [-0.4, -0.2) is 46.1 Å². The Kier molecular flexibility index (Phi) is 5.50. The van der Waals surface area contributed by atoms with Gasteiger partial charge in [-0.3, -0.25) is 4.79 Å². The van der Waals surface area contributed by atoms with Crippen LogP contribution in [0.15, 0.2) is 24.3 Å². The predicted molar refractivity (Wildman–Crippen MR) is 84.9 cm³/mol. The van der Waals surface area contributed by atoms with Crippen LogP contribution >= 0.6 is 11.8 Å². The molecule has 0 aliphatic carbocycles. The lowest BCUT2D eigenvalue weighted by Crippen LogP contribution is -2.48. The number of hydrogen-bond acceptors (Lipinski definition) is 3. The number of carboxylic acid groups (broad SMARTS) is 1. The first-order valence-corrected chi connectivity index (χ1v) is 8.21. The van der Waals surface area contributed by atoms with Crippen molar-refractivity contribution in [2.75, 3.05) is 23.4 Å². The van der Waals surface area contributed by atoms with Gasteiger partial charge in [0.25, 0.3) is 0 Å². The molecule has 0 radical (unpaired) electrons. The second-order valence-electron chi connectivity index (χ2n) is 5.00. The number of amides is 2. The second kappa shape index (κ2) is 7.36. The molecule has 1 aromatic rings. The highest BCUT2D eigenvalue weighted by Gasteiger charge is 2.28. The van der Waals surface area contributed by atoms with Crippen LogP contribution in [0.3, 0.4) is 0 Å². The van der Waals surface area contributed by atoms with Gasteiger partial charge in [0.15, 0.2) is 0 Å². The van der Waals surface area contributed by atoms with Crippen LogP contribution in [0.5, 0.6) is 0 Å². The Labute approximate surface area is 128 Å². The summed E-state index contributed by atoms with van der Waals surface area (Å²) in [6, 6.07) is 7.27. The maximum absolute atomic E-state index is 12.4. The molecule has 1 heterocycles. The standard InChI is InChI=1S/C15H20N2O3S/c1-2-11-4-3-5-12(8-11)16-15(20)17-6-7-21-10-13(17)9-14(18)19/h3-5,8,13H,2,6-7,9-10H2,1H3,(H,16,20)(H,18,19). The van der Waals surface area contributed by atoms with Crippen molar-refractivity contribution in [1.82, 2.24) is 4.90 Å². The van der Waals surface area contributed by atoms with Crippen LogP contribution in [0.4, 0.5) is 10.5 Å². The van der Waals surface area contributed by atoms with Crippen molar-refractivity contribution in [1.29, 1.82) is 0 Å². The van der Waals surface area contributed by atoms with Crippen LogP contribution in [0.1, 0.15) is 18.9 Å². The summed E-state index contributed by atoms with van der Waals surface area (Å²) in [5, 5.41) is 11.8. The summed E-state index contributed by atoms with van der Waals surface area (Å²) < 4.78 is 0. The van der Waals surface area contributed by atoms with Crippen molar-refractivity contribution in [2.24, 2.45) is 0 Å². The Morgan fingerprint density at radius 1 is 1.48 bits per heavy atom. The summed E-state index contributed by atoms with van der Waals surface area (Å²) in [6.45, 7) is 2.65. The van der Waals surface area contributed by atoms with Gasteiger partial charge in [0.2, 0.25) is 0 Å². The summed E-state index contributed by atoms with van der Waals surface area (Å²) in [6.07, 6.45) is 0.904. The molecule has 114 valence electrons. The highest BCUT2D eigenvalue weighted by atomic mass is 32.2. The summed E-state index contributed by atoms with van der Waals surface area (Å²) in [5.41, 5.74) is 1.91. The number of carbonyl (C=O) groups excluding carboxylic acids is 1. The van der Waals surface area contributed by atoms with Crippen LogP contribution < -0.4 is 5.32 Å². The number of nitrogens with one attached hydrogen (secondary N) is 1. The van der Waals surface area contributed by atoms with Gasteiger partial charge in [-0.2, -0.15) is 11.8 Å². The maximum Gasteiger partial charge on any atom is 0.322 e. The van der Waals surface area contributed by atoms with E-state index in [9.17, 15) is 9.59 Å². The third-order valence-corrected chi connectivity index (χ3v) is 4.58. The molecular weight excluding hydrogens is 288 g/mol. The van der Waals surface area contributed by atoms with Gasteiger partial charge >= 0.3 is 12.0 Å². The number of carbonyl (C=O) groups is 2. The van der Waals surface area contributed by atoms with Crippen LogP contribution in [0.25, 0.3) is 0 Å². The number of rotatable bonds is 4. The smallest absolute Gasteiger partial charge is 0.322 e. The van der Waals surface area contributed by atoms with Crippen molar-refractivity contribution < 1.29 is 14.7 Å². The van der Waals surface area contributed by atoms with Crippen molar-refractivity contribution in [3.63, 3.8) is 0 Å². The zero-order valence-electron chi connectivity index (χ0n) is 12.0. The molecule has 2 rings (SSSR count). The fourth-order valence-corrected chi connectivity index (χ4v) is 3.42. The average Bonchev–Trinajstić information content (AvgIpc) is 2.47. The number of hydrogen-bond donors (Lipinski definition) is 2. The third-order valence-electron chi connectivity index (χ3n) is 3.49. The first-order chi connectivity index (χ1) is 10.1. The molecule has 2 amide bonds. The van der Waals surface area contributed by atoms with Gasteiger partial charge in [-0.15, -0.1) is 0 Å². The van der Waals surface area contributed by atoms with Crippen molar-refractivity contribution in [2.45, 2.75) is 25.8 Å². The molecule has 1 atom stereocenters. The monoisotopic (exact) mass is 308 g/mol. The zero-order valence-corrected chi connectivity index (χ0v) is 12.9. The summed E-state index contributed by atoms with van der Waals surface area (Å²) in [4.78, 5) is 24.9. The Bertz CT molecular complexity index is 521. The molecule has 6 heteroatoms. The fraction of sp³-hybridized carbons (Fsp3) is 0.467. The molecule has 1 aromatic carbocycles. The molecular formula is C15H20N2O3S. The molecule has 1 aliphatic heterocycles. The van der Waals surface area contributed by atoms with E-state index in [2.05, 4.69) is 12.2 Å². The number of carboxylic acids is 1. The highest BCUT2D eigenvalue weighted by molar-refractivity contribution is 7.99. The molecule has 1 unspecified atom stereocenters. The Morgan fingerprint density at radius 3 is 3.00 bits per heavy atom. The molecule has 2 N–H and O–H groups in total. The van der Waals surface area contributed by atoms with Gasteiger partial charge in [0, 0.05) is 23.7 Å². The number of aliphatic carboxylic acids is 1. The molecule has 1 saturated heterocycles. The quantitative estimate of drug-likeness (QED) is 0.897. The first kappa shape index (κ1) is 15.7. The van der Waals surface area contributed by atoms with Gasteiger partial charge in [0.05, 0.1) is 12.5 Å². The largest absolute Gasteiger partial charge is 0.481 e. The lowest BCUT2D eigenvalue weighted by molar-refractivity contribution is -0.137. The van der Waals surface area contributed by atoms with E-state index in [1.807, 2.05) is 24.3 Å². The molecule has 5 nitrogen and oxygen atoms in total. The number of urea groups is 1. The molecule has 0 saturated carbocycles. The maximum atomic E-state index is 12.4. The molecule has 21 heavy (non-hydrogen) atoms. The van der Waals surface area contributed by atoms with Gasteiger partial charge in [0.1, 0.15) is 0 Å². The average molecular weight is 308 g/mol. The Morgan fingerprint density at radius 2 is 2.29 bits per heavy atom. The van der Waals surface area contributed by atoms with Crippen LogP contribution in [-0.2, 0) is 11.2 Å². The van der Waals surface area contributed by atoms with E-state index in [0.29, 0.717) is 12.3 Å². The summed E-state index contributed by atoms with van der Waals surface area (Å²) in [5.74, 6) is 0.654. The second-order valence-corrected chi connectivity index (χ2v) is 6.15. The first-order valence-electron chi connectivity index (χ1n) is 7.06. The zero-order chi connectivity index (χ0) is 15.2. The molecule has 0 aromatic heterocycles. The molecule has 0 spiro atoms. The lowest BCUT2D eigenvalue weighted by Gasteiger charge is -2.34. The minimum atomic E-state index is -0.867. The van der Waals surface area contributed by atoms with E-state index in [1.54, 1.807) is 16.7 Å². The molecule has 1 fully saturated rings. The van der Waals surface area contributed by atoms with Gasteiger partial charge in [-0.05, 0) is 24.1 Å². The SMILES string of the molecule is CCc1cccc(NC(=O)N2CCSCC2CC(=O)O)c1. The van der Waals surface area contributed by atoms with Gasteiger partial charge in [-0.1, -0.05) is 19.1 Å². The number of thioether (sulfide) groups is 1. The lowest BCUT2D eigenvalue weighted by atomic mass is 10.1. The van der Waals surface area contributed by atoms with Crippen molar-refractivity contribution in [3.05, 3.63) is 29.8 Å². The fourth-order valence-electron chi connectivity index (χ4n) is 2.36. The highest BCUT2D eigenvalue weighted by Crippen LogP contribution is 2.20. The van der Waals surface area contributed by atoms with Crippen molar-refractivity contribution >= 4 is 29.4 Å². The Balaban J connectivity index is 2.04.